The predicted octanol–water partition coefficient (Wildman–Crippen LogP) is 6.06. The molecule has 0 aliphatic heterocycles. The van der Waals surface area contributed by atoms with Crippen LogP contribution in [0, 0.1) is 11.6 Å². The number of nitrogens with zero attached hydrogens (tertiary/aromatic N) is 4. The van der Waals surface area contributed by atoms with Gasteiger partial charge in [-0.15, -0.1) is 0 Å². The maximum atomic E-state index is 13.4. The van der Waals surface area contributed by atoms with Crippen molar-refractivity contribution < 1.29 is 18.4 Å². The molecule has 0 saturated carbocycles. The standard InChI is InChI=1S/C12H9FN2OS.C7H5FO.C5H5ClN2S/c1-17-12-14-7-6-10(15-12)11(16)8-4-2-3-5-9(8)13;8-7-4-2-1-3-6(7)5-9;1-9-5-7-3-2-4(6)8-5/h2-7H,1H3;1-5H;2-3H,1H3. The van der Waals surface area contributed by atoms with Crippen LogP contribution in [0.25, 0.3) is 0 Å². The Hall–Kier alpha value is -3.21. The quantitative estimate of drug-likeness (QED) is 0.101. The first kappa shape index (κ1) is 28.0. The fourth-order valence-corrected chi connectivity index (χ4v) is 3.24. The molecule has 0 radical (unpaired) electrons. The van der Waals surface area contributed by atoms with Crippen molar-refractivity contribution in [2.24, 2.45) is 0 Å². The Morgan fingerprint density at radius 1 is 0.829 bits per heavy atom. The van der Waals surface area contributed by atoms with Crippen LogP contribution in [0.3, 0.4) is 0 Å². The summed E-state index contributed by atoms with van der Waals surface area (Å²) in [5.74, 6) is -1.44. The van der Waals surface area contributed by atoms with Crippen LogP contribution in [0.5, 0.6) is 0 Å². The van der Waals surface area contributed by atoms with Gasteiger partial charge in [-0.25, -0.2) is 28.7 Å². The minimum atomic E-state index is -0.540. The van der Waals surface area contributed by atoms with Gasteiger partial charge in [-0.2, -0.15) is 0 Å². The van der Waals surface area contributed by atoms with E-state index in [0.717, 1.165) is 0 Å². The van der Waals surface area contributed by atoms with Crippen LogP contribution in [0.15, 0.2) is 83.4 Å². The summed E-state index contributed by atoms with van der Waals surface area (Å²) in [5, 5.41) is 1.70. The number of carbonyl (C=O) groups excluding carboxylic acids is 2. The van der Waals surface area contributed by atoms with Crippen molar-refractivity contribution in [2.45, 2.75) is 10.3 Å². The topological polar surface area (TPSA) is 85.7 Å². The molecule has 2 aromatic heterocycles. The van der Waals surface area contributed by atoms with Gasteiger partial charge >= 0.3 is 0 Å². The highest BCUT2D eigenvalue weighted by molar-refractivity contribution is 7.98. The van der Waals surface area contributed by atoms with E-state index in [9.17, 15) is 18.4 Å². The van der Waals surface area contributed by atoms with E-state index >= 15 is 0 Å². The number of benzene rings is 2. The third kappa shape index (κ3) is 9.16. The van der Waals surface area contributed by atoms with E-state index in [1.807, 2.05) is 12.5 Å². The van der Waals surface area contributed by atoms with E-state index in [1.54, 1.807) is 36.5 Å². The van der Waals surface area contributed by atoms with Crippen LogP contribution >= 0.6 is 35.1 Å². The Morgan fingerprint density at radius 2 is 1.40 bits per heavy atom. The normalized spacial score (nSPS) is 9.74. The van der Waals surface area contributed by atoms with E-state index < -0.39 is 17.4 Å². The minimum Gasteiger partial charge on any atom is -0.298 e. The predicted molar refractivity (Wildman–Crippen MR) is 134 cm³/mol. The zero-order chi connectivity index (χ0) is 25.6. The molecule has 0 spiro atoms. The number of halogens is 3. The Morgan fingerprint density at radius 3 is 1.91 bits per heavy atom. The van der Waals surface area contributed by atoms with E-state index in [1.165, 1.54) is 60.1 Å². The maximum Gasteiger partial charge on any atom is 0.214 e. The van der Waals surface area contributed by atoms with Gasteiger partial charge in [0, 0.05) is 12.4 Å². The number of ketones is 1. The van der Waals surface area contributed by atoms with Gasteiger partial charge in [-0.05, 0) is 48.9 Å². The molecule has 6 nitrogen and oxygen atoms in total. The van der Waals surface area contributed by atoms with Crippen molar-refractivity contribution in [2.75, 3.05) is 12.5 Å². The monoisotopic (exact) mass is 532 g/mol. The average molecular weight is 533 g/mol. The summed E-state index contributed by atoms with van der Waals surface area (Å²) in [7, 11) is 0. The lowest BCUT2D eigenvalue weighted by Crippen LogP contribution is -2.07. The molecule has 4 aromatic rings. The van der Waals surface area contributed by atoms with Crippen molar-refractivity contribution in [1.29, 1.82) is 0 Å². The van der Waals surface area contributed by atoms with Gasteiger partial charge < -0.3 is 0 Å². The second-order valence-corrected chi connectivity index (χ2v) is 8.18. The molecular formula is C24H19ClF2N4O2S2. The van der Waals surface area contributed by atoms with Gasteiger partial charge in [0.05, 0.1) is 11.1 Å². The maximum absolute atomic E-state index is 13.4. The van der Waals surface area contributed by atoms with Gasteiger partial charge in [0.15, 0.2) is 16.6 Å². The first-order valence-corrected chi connectivity index (χ1v) is 12.6. The third-order valence-corrected chi connectivity index (χ3v) is 5.32. The van der Waals surface area contributed by atoms with Gasteiger partial charge in [-0.3, -0.25) is 9.59 Å². The Balaban J connectivity index is 0.000000203. The number of aldehydes is 1. The van der Waals surface area contributed by atoms with Gasteiger partial charge in [-0.1, -0.05) is 59.4 Å². The molecule has 0 amide bonds. The minimum absolute atomic E-state index is 0.0262. The van der Waals surface area contributed by atoms with Gasteiger partial charge in [0.25, 0.3) is 0 Å². The van der Waals surface area contributed by atoms with Crippen molar-refractivity contribution in [3.63, 3.8) is 0 Å². The molecule has 0 aliphatic rings. The molecule has 11 heteroatoms. The van der Waals surface area contributed by atoms with E-state index in [0.29, 0.717) is 21.8 Å². The highest BCUT2D eigenvalue weighted by atomic mass is 35.5. The summed E-state index contributed by atoms with van der Waals surface area (Å²) in [6.45, 7) is 0. The van der Waals surface area contributed by atoms with Crippen LogP contribution in [-0.2, 0) is 0 Å². The van der Waals surface area contributed by atoms with Crippen LogP contribution in [0.2, 0.25) is 5.15 Å². The first-order chi connectivity index (χ1) is 16.9. The zero-order valence-corrected chi connectivity index (χ0v) is 21.0. The van der Waals surface area contributed by atoms with Crippen molar-refractivity contribution in [3.05, 3.63) is 107 Å². The molecule has 180 valence electrons. The molecule has 0 saturated heterocycles. The lowest BCUT2D eigenvalue weighted by Gasteiger charge is -2.02. The van der Waals surface area contributed by atoms with Crippen LogP contribution in [-0.4, -0.2) is 44.5 Å². The molecule has 2 aromatic carbocycles. The fourth-order valence-electron chi connectivity index (χ4n) is 2.34. The zero-order valence-electron chi connectivity index (χ0n) is 18.6. The third-order valence-electron chi connectivity index (χ3n) is 3.98. The largest absolute Gasteiger partial charge is 0.298 e. The summed E-state index contributed by atoms with van der Waals surface area (Å²) in [6.07, 6.45) is 7.35. The Labute approximate surface area is 214 Å². The second-order valence-electron chi connectivity index (χ2n) is 6.24. The summed E-state index contributed by atoms with van der Waals surface area (Å²) in [6, 6.07) is 14.8. The molecule has 35 heavy (non-hydrogen) atoms. The molecule has 0 N–H and O–H groups in total. The molecule has 0 bridgehead atoms. The Bertz CT molecular complexity index is 1280. The SMILES string of the molecule is CSc1nccc(C(=O)c2ccccc2F)n1.CSc1nccc(Cl)n1.O=Cc1ccccc1F. The smallest absolute Gasteiger partial charge is 0.214 e. The molecule has 0 unspecified atom stereocenters. The van der Waals surface area contributed by atoms with Crippen molar-refractivity contribution >= 4 is 47.2 Å². The molecule has 0 fully saturated rings. The Kier molecular flexibility index (Phi) is 12.0. The van der Waals surface area contributed by atoms with E-state index in [2.05, 4.69) is 19.9 Å². The lowest BCUT2D eigenvalue weighted by atomic mass is 10.1. The van der Waals surface area contributed by atoms with Crippen molar-refractivity contribution in [1.82, 2.24) is 19.9 Å². The van der Waals surface area contributed by atoms with Gasteiger partial charge in [0.1, 0.15) is 22.5 Å². The fraction of sp³-hybridized carbons (Fsp3) is 0.0833. The average Bonchev–Trinajstić information content (AvgIpc) is 2.89. The van der Waals surface area contributed by atoms with Crippen LogP contribution in [0.1, 0.15) is 26.4 Å². The lowest BCUT2D eigenvalue weighted by molar-refractivity contribution is 0.102. The number of thioether (sulfide) groups is 2. The number of aromatic nitrogens is 4. The van der Waals surface area contributed by atoms with E-state index in [-0.39, 0.29) is 16.8 Å². The number of rotatable bonds is 5. The summed E-state index contributed by atoms with van der Waals surface area (Å²) < 4.78 is 25.8. The van der Waals surface area contributed by atoms with E-state index in [4.69, 9.17) is 11.6 Å². The van der Waals surface area contributed by atoms with Crippen LogP contribution in [0.4, 0.5) is 8.78 Å². The summed E-state index contributed by atoms with van der Waals surface area (Å²) in [4.78, 5) is 37.8. The van der Waals surface area contributed by atoms with Gasteiger partial charge in [0.2, 0.25) is 5.78 Å². The number of hydrogen-bond acceptors (Lipinski definition) is 8. The first-order valence-electron chi connectivity index (χ1n) is 9.78. The van der Waals surface area contributed by atoms with Crippen molar-refractivity contribution in [3.8, 4) is 0 Å². The molecular weight excluding hydrogens is 514 g/mol. The number of hydrogen-bond donors (Lipinski definition) is 0. The highest BCUT2D eigenvalue weighted by Crippen LogP contribution is 2.14. The summed E-state index contributed by atoms with van der Waals surface area (Å²) >= 11 is 8.37. The molecule has 0 aliphatic carbocycles. The van der Waals surface area contributed by atoms with Crippen LogP contribution < -0.4 is 0 Å². The number of carbonyl (C=O) groups is 2. The molecule has 4 rings (SSSR count). The summed E-state index contributed by atoms with van der Waals surface area (Å²) in [5.41, 5.74) is 0.338. The second kappa shape index (κ2) is 14.9. The molecule has 2 heterocycles. The highest BCUT2D eigenvalue weighted by Gasteiger charge is 2.15. The molecule has 0 atom stereocenters.